The summed E-state index contributed by atoms with van der Waals surface area (Å²) in [4.78, 5) is 11.7. The minimum Gasteiger partial charge on any atom is -0.497 e. The Kier molecular flexibility index (Phi) is 4.28. The van der Waals surface area contributed by atoms with Crippen LogP contribution in [0.25, 0.3) is 10.8 Å². The first-order valence-corrected chi connectivity index (χ1v) is 6.89. The molecule has 0 saturated carbocycles. The highest BCUT2D eigenvalue weighted by Crippen LogP contribution is 2.24. The minimum absolute atomic E-state index is 0.00201. The molecule has 0 saturated heterocycles. The van der Waals surface area contributed by atoms with Crippen LogP contribution in [0.5, 0.6) is 5.75 Å². The average Bonchev–Trinajstić information content (AvgIpc) is 2.45. The third-order valence-corrected chi connectivity index (χ3v) is 3.45. The van der Waals surface area contributed by atoms with Gasteiger partial charge >= 0.3 is 0 Å². The number of fused-ring (bicyclic) bond motifs is 1. The predicted molar refractivity (Wildman–Crippen MR) is 81.9 cm³/mol. The number of nitrogens with one attached hydrogen (secondary N) is 1. The molecule has 0 radical (unpaired) electrons. The molecule has 0 aliphatic heterocycles. The van der Waals surface area contributed by atoms with E-state index in [-0.39, 0.29) is 17.9 Å². The maximum Gasteiger partial charge on any atom is 0.223 e. The van der Waals surface area contributed by atoms with Crippen molar-refractivity contribution in [3.63, 3.8) is 0 Å². The van der Waals surface area contributed by atoms with Gasteiger partial charge in [0, 0.05) is 5.92 Å². The van der Waals surface area contributed by atoms with Crippen molar-refractivity contribution in [3.8, 4) is 5.75 Å². The van der Waals surface area contributed by atoms with E-state index in [2.05, 4.69) is 17.4 Å². The Balaban J connectivity index is 2.25. The van der Waals surface area contributed by atoms with Crippen molar-refractivity contribution < 1.29 is 9.53 Å². The van der Waals surface area contributed by atoms with Crippen LogP contribution in [0.3, 0.4) is 0 Å². The van der Waals surface area contributed by atoms with Gasteiger partial charge < -0.3 is 10.1 Å². The molecule has 1 atom stereocenters. The van der Waals surface area contributed by atoms with Crippen LogP contribution in [0.2, 0.25) is 0 Å². The number of hydrogen-bond donors (Lipinski definition) is 1. The number of carbonyl (C=O) groups excluding carboxylic acids is 1. The summed E-state index contributed by atoms with van der Waals surface area (Å²) in [6, 6.07) is 12.2. The second-order valence-electron chi connectivity index (χ2n) is 5.36. The Bertz CT molecular complexity index is 619. The summed E-state index contributed by atoms with van der Waals surface area (Å²) in [5.74, 6) is 0.931. The molecule has 1 N–H and O–H groups in total. The van der Waals surface area contributed by atoms with E-state index in [0.717, 1.165) is 22.1 Å². The zero-order valence-electron chi connectivity index (χ0n) is 12.4. The summed E-state index contributed by atoms with van der Waals surface area (Å²) in [5, 5.41) is 5.30. The number of amides is 1. The highest BCUT2D eigenvalue weighted by Gasteiger charge is 2.12. The predicted octanol–water partition coefficient (Wildman–Crippen LogP) is 3.68. The number of ether oxygens (including phenoxy) is 1. The summed E-state index contributed by atoms with van der Waals surface area (Å²) >= 11 is 0. The fourth-order valence-corrected chi connectivity index (χ4v) is 2.10. The maximum absolute atomic E-state index is 11.7. The lowest BCUT2D eigenvalue weighted by Crippen LogP contribution is -2.30. The third-order valence-electron chi connectivity index (χ3n) is 3.45. The van der Waals surface area contributed by atoms with Crippen LogP contribution in [-0.4, -0.2) is 13.0 Å². The standard InChI is InChI=1S/C17H21NO2/c1-11(2)17(19)18-12(3)13-5-6-15-10-16(20-4)8-7-14(15)9-13/h5-12H,1-4H3,(H,18,19). The van der Waals surface area contributed by atoms with Crippen LogP contribution < -0.4 is 10.1 Å². The molecule has 20 heavy (non-hydrogen) atoms. The first kappa shape index (κ1) is 14.4. The number of benzene rings is 2. The van der Waals surface area contributed by atoms with Crippen LogP contribution >= 0.6 is 0 Å². The Morgan fingerprint density at radius 3 is 2.35 bits per heavy atom. The molecule has 0 aliphatic carbocycles. The Morgan fingerprint density at radius 1 is 1.05 bits per heavy atom. The van der Waals surface area contributed by atoms with Gasteiger partial charge in [0.2, 0.25) is 5.91 Å². The molecule has 2 aromatic rings. The first-order valence-electron chi connectivity index (χ1n) is 6.89. The first-order chi connectivity index (χ1) is 9.51. The molecule has 106 valence electrons. The van der Waals surface area contributed by atoms with Gasteiger partial charge in [-0.25, -0.2) is 0 Å². The van der Waals surface area contributed by atoms with Gasteiger partial charge in [0.15, 0.2) is 0 Å². The fourth-order valence-electron chi connectivity index (χ4n) is 2.10. The summed E-state index contributed by atoms with van der Waals surface area (Å²) in [6.07, 6.45) is 0. The smallest absolute Gasteiger partial charge is 0.223 e. The van der Waals surface area contributed by atoms with Crippen LogP contribution in [0, 0.1) is 5.92 Å². The zero-order valence-corrected chi connectivity index (χ0v) is 12.4. The highest BCUT2D eigenvalue weighted by molar-refractivity contribution is 5.85. The molecule has 0 fully saturated rings. The van der Waals surface area contributed by atoms with E-state index in [9.17, 15) is 4.79 Å². The minimum atomic E-state index is 0.00201. The molecule has 1 unspecified atom stereocenters. The molecule has 2 aromatic carbocycles. The average molecular weight is 271 g/mol. The largest absolute Gasteiger partial charge is 0.497 e. The molecule has 1 amide bonds. The summed E-state index contributed by atoms with van der Waals surface area (Å²) < 4.78 is 5.22. The number of methoxy groups -OCH3 is 1. The molecule has 0 aromatic heterocycles. The molecule has 3 heteroatoms. The topological polar surface area (TPSA) is 38.3 Å². The zero-order chi connectivity index (χ0) is 14.7. The van der Waals surface area contributed by atoms with Gasteiger partial charge in [-0.1, -0.05) is 32.0 Å². The number of hydrogen-bond acceptors (Lipinski definition) is 2. The lowest BCUT2D eigenvalue weighted by molar-refractivity contribution is -0.124. The fraction of sp³-hybridized carbons (Fsp3) is 0.353. The van der Waals surface area contributed by atoms with Crippen LogP contribution in [0.15, 0.2) is 36.4 Å². The third kappa shape index (κ3) is 3.10. The lowest BCUT2D eigenvalue weighted by Gasteiger charge is -2.16. The van der Waals surface area contributed by atoms with Crippen molar-refractivity contribution in [1.29, 1.82) is 0 Å². The molecule has 0 aliphatic rings. The van der Waals surface area contributed by atoms with Gasteiger partial charge in [-0.05, 0) is 41.5 Å². The van der Waals surface area contributed by atoms with Crippen molar-refractivity contribution in [2.45, 2.75) is 26.8 Å². The van der Waals surface area contributed by atoms with Crippen molar-refractivity contribution in [2.75, 3.05) is 7.11 Å². The Labute approximate surface area is 119 Å². The highest BCUT2D eigenvalue weighted by atomic mass is 16.5. The molecular formula is C17H21NO2. The van der Waals surface area contributed by atoms with Crippen molar-refractivity contribution in [2.24, 2.45) is 5.92 Å². The van der Waals surface area contributed by atoms with E-state index in [1.807, 2.05) is 45.0 Å². The van der Waals surface area contributed by atoms with Gasteiger partial charge in [-0.2, -0.15) is 0 Å². The molecular weight excluding hydrogens is 250 g/mol. The molecule has 0 spiro atoms. The summed E-state index contributed by atoms with van der Waals surface area (Å²) in [7, 11) is 1.67. The molecule has 0 bridgehead atoms. The number of rotatable bonds is 4. The number of carbonyl (C=O) groups is 1. The van der Waals surface area contributed by atoms with Crippen molar-refractivity contribution in [1.82, 2.24) is 5.32 Å². The van der Waals surface area contributed by atoms with Crippen molar-refractivity contribution in [3.05, 3.63) is 42.0 Å². The molecule has 3 nitrogen and oxygen atoms in total. The van der Waals surface area contributed by atoms with E-state index in [4.69, 9.17) is 4.74 Å². The van der Waals surface area contributed by atoms with Gasteiger partial charge in [0.1, 0.15) is 5.75 Å². The Hall–Kier alpha value is -2.03. The van der Waals surface area contributed by atoms with Gasteiger partial charge in [0.25, 0.3) is 0 Å². The monoisotopic (exact) mass is 271 g/mol. The van der Waals surface area contributed by atoms with E-state index in [1.165, 1.54) is 0 Å². The second kappa shape index (κ2) is 5.95. The van der Waals surface area contributed by atoms with E-state index in [1.54, 1.807) is 7.11 Å². The van der Waals surface area contributed by atoms with Crippen LogP contribution in [0.1, 0.15) is 32.4 Å². The molecule has 2 rings (SSSR count). The van der Waals surface area contributed by atoms with Gasteiger partial charge in [0.05, 0.1) is 13.2 Å². The van der Waals surface area contributed by atoms with E-state index >= 15 is 0 Å². The van der Waals surface area contributed by atoms with Gasteiger partial charge in [-0.3, -0.25) is 4.79 Å². The van der Waals surface area contributed by atoms with E-state index < -0.39 is 0 Å². The quantitative estimate of drug-likeness (QED) is 0.921. The lowest BCUT2D eigenvalue weighted by atomic mass is 10.0. The normalized spacial score (nSPS) is 12.4. The van der Waals surface area contributed by atoms with E-state index in [0.29, 0.717) is 0 Å². The van der Waals surface area contributed by atoms with Gasteiger partial charge in [-0.15, -0.1) is 0 Å². The maximum atomic E-state index is 11.7. The van der Waals surface area contributed by atoms with Crippen LogP contribution in [-0.2, 0) is 4.79 Å². The molecule has 0 heterocycles. The van der Waals surface area contributed by atoms with Crippen LogP contribution in [0.4, 0.5) is 0 Å². The summed E-state index contributed by atoms with van der Waals surface area (Å²) in [6.45, 7) is 5.80. The Morgan fingerprint density at radius 2 is 1.70 bits per heavy atom. The SMILES string of the molecule is COc1ccc2cc(C(C)NC(=O)C(C)C)ccc2c1. The summed E-state index contributed by atoms with van der Waals surface area (Å²) in [5.41, 5.74) is 1.11. The second-order valence-corrected chi connectivity index (χ2v) is 5.36. The van der Waals surface area contributed by atoms with Crippen molar-refractivity contribution >= 4 is 16.7 Å².